The highest BCUT2D eigenvalue weighted by atomic mass is 32.2. The topological polar surface area (TPSA) is 84.9 Å². The van der Waals surface area contributed by atoms with Crippen LogP contribution in [0.3, 0.4) is 0 Å². The molecular weight excluding hydrogens is 460 g/mol. The summed E-state index contributed by atoms with van der Waals surface area (Å²) in [4.78, 5) is 12.5. The summed E-state index contributed by atoms with van der Waals surface area (Å²) in [6.45, 7) is 10.8. The first-order valence-corrected chi connectivity index (χ1v) is 12.1. The smallest absolute Gasteiger partial charge is 0.408 e. The summed E-state index contributed by atoms with van der Waals surface area (Å²) in [5.74, 6) is -0.190. The Morgan fingerprint density at radius 3 is 2.24 bits per heavy atom. The van der Waals surface area contributed by atoms with Crippen molar-refractivity contribution in [3.05, 3.63) is 78.2 Å². The van der Waals surface area contributed by atoms with Crippen molar-refractivity contribution in [1.29, 1.82) is 0 Å². The van der Waals surface area contributed by atoms with Gasteiger partial charge in [-0.05, 0) is 64.2 Å². The van der Waals surface area contributed by atoms with Crippen molar-refractivity contribution in [3.63, 3.8) is 0 Å². The van der Waals surface area contributed by atoms with Gasteiger partial charge in [0, 0.05) is 13.5 Å². The number of carbonyl (C=O) groups is 1. The maximum atomic E-state index is 12.9. The lowest BCUT2D eigenvalue weighted by Gasteiger charge is -2.26. The predicted molar refractivity (Wildman–Crippen MR) is 132 cm³/mol. The summed E-state index contributed by atoms with van der Waals surface area (Å²) in [6, 6.07) is 15.0. The predicted octanol–water partition coefficient (Wildman–Crippen LogP) is 4.57. The highest BCUT2D eigenvalue weighted by Crippen LogP contribution is 2.20. The van der Waals surface area contributed by atoms with E-state index in [1.54, 1.807) is 32.9 Å². The van der Waals surface area contributed by atoms with E-state index >= 15 is 0 Å². The van der Waals surface area contributed by atoms with Crippen LogP contribution >= 0.6 is 12.2 Å². The highest BCUT2D eigenvalue weighted by molar-refractivity contribution is 7.89. The molecule has 7 nitrogen and oxygen atoms in total. The highest BCUT2D eigenvalue weighted by Gasteiger charge is 2.27. The minimum Gasteiger partial charge on any atom is -0.444 e. The molecule has 1 amide bonds. The first-order chi connectivity index (χ1) is 15.3. The van der Waals surface area contributed by atoms with E-state index in [2.05, 4.69) is 11.9 Å². The van der Waals surface area contributed by atoms with Crippen molar-refractivity contribution in [1.82, 2.24) is 9.62 Å². The molecule has 0 bridgehead atoms. The number of thiocarbonyl (C=S) groups is 1. The third-order valence-corrected chi connectivity index (χ3v) is 6.67. The standard InChI is InChI=1S/C24H30N2O5S2/c1-17-12-14-20(15-13-17)33(28,29)26(6)18(2)30-22(32)21(16-19-10-8-7-9-11-19)25-23(27)31-24(3,4)5/h7-15,21H,2,16H2,1,3-6H3,(H,25,27)/t21-/m0/s1. The number of nitrogens with one attached hydrogen (secondary N) is 1. The lowest BCUT2D eigenvalue weighted by Crippen LogP contribution is -2.45. The molecule has 0 aliphatic rings. The average Bonchev–Trinajstić information content (AvgIpc) is 2.72. The van der Waals surface area contributed by atoms with Crippen molar-refractivity contribution >= 4 is 33.4 Å². The van der Waals surface area contributed by atoms with Crippen LogP contribution in [-0.2, 0) is 25.9 Å². The van der Waals surface area contributed by atoms with E-state index in [0.29, 0.717) is 6.42 Å². The van der Waals surface area contributed by atoms with Crippen LogP contribution in [0.15, 0.2) is 72.0 Å². The summed E-state index contributed by atoms with van der Waals surface area (Å²) in [7, 11) is -2.57. The first kappa shape index (κ1) is 26.3. The molecule has 0 unspecified atom stereocenters. The molecule has 33 heavy (non-hydrogen) atoms. The van der Waals surface area contributed by atoms with E-state index in [1.165, 1.54) is 19.2 Å². The van der Waals surface area contributed by atoms with Gasteiger partial charge in [0.25, 0.3) is 10.0 Å². The van der Waals surface area contributed by atoms with E-state index in [1.807, 2.05) is 37.3 Å². The second kappa shape index (κ2) is 10.8. The molecule has 0 radical (unpaired) electrons. The van der Waals surface area contributed by atoms with Gasteiger partial charge in [0.15, 0.2) is 5.05 Å². The van der Waals surface area contributed by atoms with Gasteiger partial charge >= 0.3 is 6.09 Å². The number of sulfonamides is 1. The fourth-order valence-corrected chi connectivity index (χ4v) is 4.09. The molecule has 0 saturated carbocycles. The number of alkyl carbamates (subject to hydrolysis) is 1. The largest absolute Gasteiger partial charge is 0.444 e. The van der Waals surface area contributed by atoms with Crippen LogP contribution in [0.2, 0.25) is 0 Å². The number of ether oxygens (including phenoxy) is 2. The molecule has 178 valence electrons. The zero-order chi connectivity index (χ0) is 24.8. The first-order valence-electron chi connectivity index (χ1n) is 10.3. The zero-order valence-electron chi connectivity index (χ0n) is 19.5. The third kappa shape index (κ3) is 7.87. The van der Waals surface area contributed by atoms with E-state index in [-0.39, 0.29) is 15.8 Å². The van der Waals surface area contributed by atoms with E-state index in [9.17, 15) is 13.2 Å². The van der Waals surface area contributed by atoms with Gasteiger partial charge in [0.05, 0.1) is 4.90 Å². The molecule has 2 aromatic rings. The van der Waals surface area contributed by atoms with Crippen molar-refractivity contribution in [2.24, 2.45) is 0 Å². The Hall–Kier alpha value is -2.91. The summed E-state index contributed by atoms with van der Waals surface area (Å²) in [5.41, 5.74) is 1.14. The van der Waals surface area contributed by atoms with Gasteiger partial charge < -0.3 is 14.8 Å². The number of hydrogen-bond donors (Lipinski definition) is 1. The van der Waals surface area contributed by atoms with Gasteiger partial charge in [-0.15, -0.1) is 0 Å². The number of amides is 1. The Morgan fingerprint density at radius 2 is 1.70 bits per heavy atom. The Balaban J connectivity index is 2.18. The Kier molecular flexibility index (Phi) is 8.63. The van der Waals surface area contributed by atoms with Crippen LogP contribution in [0.1, 0.15) is 31.9 Å². The van der Waals surface area contributed by atoms with Crippen LogP contribution in [0, 0.1) is 6.92 Å². The fourth-order valence-electron chi connectivity index (χ4n) is 2.75. The maximum Gasteiger partial charge on any atom is 0.408 e. The lowest BCUT2D eigenvalue weighted by atomic mass is 10.1. The van der Waals surface area contributed by atoms with Crippen molar-refractivity contribution in [2.45, 2.75) is 50.7 Å². The van der Waals surface area contributed by atoms with Gasteiger partial charge in [0.2, 0.25) is 5.88 Å². The summed E-state index contributed by atoms with van der Waals surface area (Å²) in [5, 5.41) is 2.67. The van der Waals surface area contributed by atoms with Gasteiger partial charge in [-0.2, -0.15) is 0 Å². The number of aryl methyl sites for hydroxylation is 1. The minimum absolute atomic E-state index is 0.0410. The maximum absolute atomic E-state index is 12.9. The number of carbonyl (C=O) groups excluding carboxylic acids is 1. The molecule has 0 aromatic heterocycles. The molecule has 2 aromatic carbocycles. The molecular formula is C24H30N2O5S2. The molecule has 0 heterocycles. The van der Waals surface area contributed by atoms with Crippen LogP contribution < -0.4 is 5.32 Å². The second-order valence-electron chi connectivity index (χ2n) is 8.49. The van der Waals surface area contributed by atoms with Gasteiger partial charge in [-0.3, -0.25) is 0 Å². The molecule has 0 fully saturated rings. The number of rotatable bonds is 8. The summed E-state index contributed by atoms with van der Waals surface area (Å²) >= 11 is 5.41. The molecule has 0 aliphatic carbocycles. The van der Waals surface area contributed by atoms with Crippen LogP contribution in [0.25, 0.3) is 0 Å². The Bertz CT molecular complexity index is 1090. The number of nitrogens with zero attached hydrogens (tertiary/aromatic N) is 1. The Labute approximate surface area is 201 Å². The van der Waals surface area contributed by atoms with E-state index in [4.69, 9.17) is 21.7 Å². The van der Waals surface area contributed by atoms with Gasteiger partial charge in [-0.1, -0.05) is 48.0 Å². The molecule has 0 aliphatic heterocycles. The Morgan fingerprint density at radius 1 is 1.12 bits per heavy atom. The normalized spacial score (nSPS) is 12.4. The van der Waals surface area contributed by atoms with Crippen molar-refractivity contribution in [2.75, 3.05) is 7.05 Å². The van der Waals surface area contributed by atoms with E-state index in [0.717, 1.165) is 15.4 Å². The fraction of sp³-hybridized carbons (Fsp3) is 0.333. The molecule has 0 saturated heterocycles. The minimum atomic E-state index is -3.90. The van der Waals surface area contributed by atoms with Crippen LogP contribution in [0.4, 0.5) is 4.79 Å². The van der Waals surface area contributed by atoms with Crippen molar-refractivity contribution < 1.29 is 22.7 Å². The molecule has 9 heteroatoms. The van der Waals surface area contributed by atoms with Gasteiger partial charge in [-0.25, -0.2) is 17.5 Å². The molecule has 2 rings (SSSR count). The zero-order valence-corrected chi connectivity index (χ0v) is 21.1. The monoisotopic (exact) mass is 490 g/mol. The summed E-state index contributed by atoms with van der Waals surface area (Å²) < 4.78 is 37.7. The van der Waals surface area contributed by atoms with Crippen LogP contribution in [-0.4, -0.2) is 42.6 Å². The van der Waals surface area contributed by atoms with Crippen molar-refractivity contribution in [3.8, 4) is 0 Å². The summed E-state index contributed by atoms with van der Waals surface area (Å²) in [6.07, 6.45) is -0.346. The SMILES string of the molecule is C=C(OC(=S)[C@H](Cc1ccccc1)NC(=O)OC(C)(C)C)N(C)S(=O)(=O)c1ccc(C)cc1. The second-order valence-corrected chi connectivity index (χ2v) is 10.9. The molecule has 0 spiro atoms. The third-order valence-electron chi connectivity index (χ3n) is 4.51. The molecule has 1 N–H and O–H groups in total. The van der Waals surface area contributed by atoms with Crippen LogP contribution in [0.5, 0.6) is 0 Å². The number of benzene rings is 2. The quantitative estimate of drug-likeness (QED) is 0.431. The van der Waals surface area contributed by atoms with Gasteiger partial charge in [0.1, 0.15) is 11.6 Å². The van der Waals surface area contributed by atoms with E-state index < -0.39 is 27.8 Å². The number of hydrogen-bond acceptors (Lipinski definition) is 6. The molecule has 1 atom stereocenters. The average molecular weight is 491 g/mol. The lowest BCUT2D eigenvalue weighted by molar-refractivity contribution is 0.0514.